The number of carbonyl (C=O) groups is 2. The highest BCUT2D eigenvalue weighted by atomic mass is 16.2. The lowest BCUT2D eigenvalue weighted by atomic mass is 9.95. The van der Waals surface area contributed by atoms with E-state index in [-0.39, 0.29) is 5.91 Å². The third kappa shape index (κ3) is 3.41. The molecule has 4 heteroatoms. The Morgan fingerprint density at radius 3 is 1.93 bits per heavy atom. The number of primary amides is 1. The maximum atomic E-state index is 13.2. The maximum absolute atomic E-state index is 13.2. The van der Waals surface area contributed by atoms with Crippen LogP contribution in [0.15, 0.2) is 78.9 Å². The van der Waals surface area contributed by atoms with Crippen molar-refractivity contribution in [3.63, 3.8) is 0 Å². The van der Waals surface area contributed by atoms with Crippen LogP contribution < -0.4 is 11.1 Å². The summed E-state index contributed by atoms with van der Waals surface area (Å²) in [6.07, 6.45) is 1.15. The Bertz CT molecular complexity index is 968. The van der Waals surface area contributed by atoms with Gasteiger partial charge >= 0.3 is 0 Å². The minimum absolute atomic E-state index is 0.186. The highest BCUT2D eigenvalue weighted by Crippen LogP contribution is 2.44. The molecule has 2 amide bonds. The summed E-state index contributed by atoms with van der Waals surface area (Å²) in [6.45, 7) is 0. The summed E-state index contributed by atoms with van der Waals surface area (Å²) in [5.41, 5.74) is 10.8. The summed E-state index contributed by atoms with van der Waals surface area (Å²) < 4.78 is 0. The summed E-state index contributed by atoms with van der Waals surface area (Å²) in [4.78, 5) is 25.1. The summed E-state index contributed by atoms with van der Waals surface area (Å²) in [5.74, 6) is -1.12. The van der Waals surface area contributed by atoms with Crippen LogP contribution in [0.3, 0.4) is 0 Å². The Hall–Kier alpha value is -3.40. The topological polar surface area (TPSA) is 72.2 Å². The first kappa shape index (κ1) is 18.0. The van der Waals surface area contributed by atoms with Gasteiger partial charge in [0.25, 0.3) is 0 Å². The largest absolute Gasteiger partial charge is 0.368 e. The molecule has 0 unspecified atom stereocenters. The quantitative estimate of drug-likeness (QED) is 0.698. The molecule has 1 atom stereocenters. The Labute approximate surface area is 164 Å². The standard InChI is InChI=1S/C24H22N2O2/c25-23(27)21(15-14-16-8-2-1-3-9-16)26-24(28)22-19-12-6-4-10-17(19)18-11-5-7-13-20(18)22/h1-13,21-22H,14-15H2,(H2,25,27)(H,26,28)/t21-/m1/s1. The van der Waals surface area contributed by atoms with E-state index in [0.29, 0.717) is 12.8 Å². The Balaban J connectivity index is 1.55. The number of hydrogen-bond acceptors (Lipinski definition) is 2. The lowest BCUT2D eigenvalue weighted by Gasteiger charge is -2.19. The smallest absolute Gasteiger partial charge is 0.240 e. The number of nitrogens with two attached hydrogens (primary N) is 1. The van der Waals surface area contributed by atoms with Gasteiger partial charge in [0.05, 0.1) is 5.92 Å². The molecule has 1 aliphatic rings. The number of fused-ring (bicyclic) bond motifs is 3. The summed E-state index contributed by atoms with van der Waals surface area (Å²) in [7, 11) is 0. The number of rotatable bonds is 6. The van der Waals surface area contributed by atoms with E-state index < -0.39 is 17.9 Å². The first-order chi connectivity index (χ1) is 13.6. The zero-order valence-electron chi connectivity index (χ0n) is 15.5. The van der Waals surface area contributed by atoms with Gasteiger partial charge in [-0.25, -0.2) is 0 Å². The van der Waals surface area contributed by atoms with Crippen molar-refractivity contribution in [2.75, 3.05) is 0 Å². The zero-order valence-corrected chi connectivity index (χ0v) is 15.5. The van der Waals surface area contributed by atoms with Gasteiger partial charge in [0.2, 0.25) is 11.8 Å². The number of carbonyl (C=O) groups excluding carboxylic acids is 2. The van der Waals surface area contributed by atoms with E-state index >= 15 is 0 Å². The highest BCUT2D eigenvalue weighted by Gasteiger charge is 2.34. The van der Waals surface area contributed by atoms with Gasteiger partial charge in [-0.05, 0) is 40.7 Å². The molecule has 140 valence electrons. The van der Waals surface area contributed by atoms with Gasteiger partial charge in [0.15, 0.2) is 0 Å². The molecule has 0 fully saturated rings. The van der Waals surface area contributed by atoms with Crippen molar-refractivity contribution in [1.82, 2.24) is 5.32 Å². The van der Waals surface area contributed by atoms with Crippen molar-refractivity contribution in [2.45, 2.75) is 24.8 Å². The fourth-order valence-corrected chi connectivity index (χ4v) is 3.93. The second-order valence-electron chi connectivity index (χ2n) is 7.10. The molecule has 0 heterocycles. The molecule has 3 N–H and O–H groups in total. The van der Waals surface area contributed by atoms with Crippen LogP contribution in [0.4, 0.5) is 0 Å². The number of benzene rings is 3. The summed E-state index contributed by atoms with van der Waals surface area (Å²) in [5, 5.41) is 2.90. The van der Waals surface area contributed by atoms with Crippen LogP contribution >= 0.6 is 0 Å². The molecular formula is C24H22N2O2. The molecule has 28 heavy (non-hydrogen) atoms. The first-order valence-electron chi connectivity index (χ1n) is 9.47. The average Bonchev–Trinajstić information content (AvgIpc) is 3.06. The van der Waals surface area contributed by atoms with Gasteiger partial charge in [-0.3, -0.25) is 9.59 Å². The fourth-order valence-electron chi connectivity index (χ4n) is 3.93. The number of nitrogens with one attached hydrogen (secondary N) is 1. The van der Waals surface area contributed by atoms with Crippen molar-refractivity contribution in [2.24, 2.45) is 5.73 Å². The van der Waals surface area contributed by atoms with E-state index in [1.165, 1.54) is 0 Å². The molecule has 0 spiro atoms. The molecule has 0 saturated carbocycles. The predicted molar refractivity (Wildman–Crippen MR) is 110 cm³/mol. The number of aryl methyl sites for hydroxylation is 1. The third-order valence-corrected chi connectivity index (χ3v) is 5.32. The normalized spacial score (nSPS) is 13.4. The van der Waals surface area contributed by atoms with Gasteiger partial charge < -0.3 is 11.1 Å². The second kappa shape index (κ2) is 7.69. The average molecular weight is 370 g/mol. The SMILES string of the molecule is NC(=O)[C@@H](CCc1ccccc1)NC(=O)C1c2ccccc2-c2ccccc21. The van der Waals surface area contributed by atoms with E-state index in [9.17, 15) is 9.59 Å². The molecule has 1 aliphatic carbocycles. The van der Waals surface area contributed by atoms with E-state index in [1.807, 2.05) is 78.9 Å². The second-order valence-corrected chi connectivity index (χ2v) is 7.10. The van der Waals surface area contributed by atoms with Crippen LogP contribution in [0.5, 0.6) is 0 Å². The lowest BCUT2D eigenvalue weighted by molar-refractivity contribution is -0.127. The highest BCUT2D eigenvalue weighted by molar-refractivity contribution is 5.98. The minimum Gasteiger partial charge on any atom is -0.368 e. The summed E-state index contributed by atoms with van der Waals surface area (Å²) >= 11 is 0. The van der Waals surface area contributed by atoms with Crippen LogP contribution in [0.1, 0.15) is 29.0 Å². The first-order valence-corrected chi connectivity index (χ1v) is 9.47. The van der Waals surface area contributed by atoms with Gasteiger partial charge in [-0.1, -0.05) is 78.9 Å². The van der Waals surface area contributed by atoms with Crippen LogP contribution in [0.2, 0.25) is 0 Å². The van der Waals surface area contributed by atoms with E-state index in [4.69, 9.17) is 5.73 Å². The third-order valence-electron chi connectivity index (χ3n) is 5.32. The lowest BCUT2D eigenvalue weighted by Crippen LogP contribution is -2.46. The van der Waals surface area contributed by atoms with Crippen molar-refractivity contribution >= 4 is 11.8 Å². The Kier molecular flexibility index (Phi) is 4.94. The molecule has 3 aromatic carbocycles. The molecule has 0 aromatic heterocycles. The number of hydrogen-bond donors (Lipinski definition) is 2. The van der Waals surface area contributed by atoms with Crippen LogP contribution in [-0.2, 0) is 16.0 Å². The van der Waals surface area contributed by atoms with Crippen molar-refractivity contribution in [3.8, 4) is 11.1 Å². The Morgan fingerprint density at radius 1 is 0.821 bits per heavy atom. The molecule has 3 aromatic rings. The monoisotopic (exact) mass is 370 g/mol. The Morgan fingerprint density at radius 2 is 1.36 bits per heavy atom. The van der Waals surface area contributed by atoms with Crippen molar-refractivity contribution < 1.29 is 9.59 Å². The van der Waals surface area contributed by atoms with Gasteiger partial charge in [-0.2, -0.15) is 0 Å². The van der Waals surface area contributed by atoms with Gasteiger partial charge in [0.1, 0.15) is 6.04 Å². The van der Waals surface area contributed by atoms with Crippen molar-refractivity contribution in [1.29, 1.82) is 0 Å². The van der Waals surface area contributed by atoms with E-state index in [2.05, 4.69) is 5.32 Å². The molecule has 0 saturated heterocycles. The van der Waals surface area contributed by atoms with Gasteiger partial charge in [-0.15, -0.1) is 0 Å². The molecule has 0 bridgehead atoms. The van der Waals surface area contributed by atoms with E-state index in [0.717, 1.165) is 27.8 Å². The van der Waals surface area contributed by atoms with Crippen LogP contribution in [0, 0.1) is 0 Å². The van der Waals surface area contributed by atoms with E-state index in [1.54, 1.807) is 0 Å². The molecule has 4 nitrogen and oxygen atoms in total. The minimum atomic E-state index is -0.701. The fraction of sp³-hybridized carbons (Fsp3) is 0.167. The van der Waals surface area contributed by atoms with Crippen molar-refractivity contribution in [3.05, 3.63) is 95.6 Å². The maximum Gasteiger partial charge on any atom is 0.240 e. The van der Waals surface area contributed by atoms with Crippen LogP contribution in [-0.4, -0.2) is 17.9 Å². The molecule has 0 radical (unpaired) electrons. The molecular weight excluding hydrogens is 348 g/mol. The summed E-state index contributed by atoms with van der Waals surface area (Å²) in [6, 6.07) is 25.0. The predicted octanol–water partition coefficient (Wildman–Crippen LogP) is 3.40. The van der Waals surface area contributed by atoms with Gasteiger partial charge in [0, 0.05) is 0 Å². The number of amides is 2. The molecule has 4 rings (SSSR count). The van der Waals surface area contributed by atoms with Crippen LogP contribution in [0.25, 0.3) is 11.1 Å². The zero-order chi connectivity index (χ0) is 19.5. The molecule has 0 aliphatic heterocycles.